The van der Waals surface area contributed by atoms with Crippen LogP contribution in [0.1, 0.15) is 0 Å². The first-order valence-electron chi connectivity index (χ1n) is 1.91. The second-order valence-corrected chi connectivity index (χ2v) is 0.847. The first-order valence-corrected chi connectivity index (χ1v) is 1.91. The van der Waals surface area contributed by atoms with E-state index in [0.29, 0.717) is 0 Å². The maximum atomic E-state index is 6.27. The number of hydrogen-bond acceptors (Lipinski definition) is 3. The summed E-state index contributed by atoms with van der Waals surface area (Å²) in [5.41, 5.74) is 4.91. The third-order valence-corrected chi connectivity index (χ3v) is 0.361. The molecule has 0 aliphatic heterocycles. The number of nitrogens with two attached hydrogens (primary N) is 1. The molecule has 0 amide bonds. The van der Waals surface area contributed by atoms with Gasteiger partial charge < -0.3 is 5.73 Å². The molecule has 0 heterocycles. The zero-order valence-corrected chi connectivity index (χ0v) is 4.20. The minimum absolute atomic E-state index is 1.18. The average molecular weight is 110 g/mol. The Labute approximate surface area is 47.0 Å². The van der Waals surface area contributed by atoms with Crippen molar-refractivity contribution in [2.75, 3.05) is 0 Å². The summed E-state index contributed by atoms with van der Waals surface area (Å²) < 4.78 is 0. The quantitative estimate of drug-likeness (QED) is 0.386. The van der Waals surface area contributed by atoms with E-state index in [4.69, 9.17) is 11.1 Å². The third-order valence-electron chi connectivity index (χ3n) is 0.361. The van der Waals surface area contributed by atoms with Gasteiger partial charge in [-0.05, 0) is 0 Å². The highest BCUT2D eigenvalue weighted by molar-refractivity contribution is 5.64. The Kier molecular flexibility index (Phi) is 4.60. The van der Waals surface area contributed by atoms with Crippen molar-refractivity contribution in [3.8, 4) is 0 Å². The van der Waals surface area contributed by atoms with E-state index in [1.165, 1.54) is 18.7 Å². The van der Waals surface area contributed by atoms with Crippen molar-refractivity contribution in [1.82, 2.24) is 0 Å². The van der Waals surface area contributed by atoms with E-state index in [9.17, 15) is 0 Å². The van der Waals surface area contributed by atoms with Gasteiger partial charge in [-0.1, -0.05) is 0 Å². The minimum Gasteiger partial charge on any atom is -0.403 e. The van der Waals surface area contributed by atoms with Gasteiger partial charge >= 0.3 is 0 Å². The Balaban J connectivity index is 3.50. The molecule has 0 aliphatic rings. The van der Waals surface area contributed by atoms with E-state index in [2.05, 4.69) is 9.98 Å². The summed E-state index contributed by atoms with van der Waals surface area (Å²) in [7, 11) is 0. The number of rotatable bonds is 2. The summed E-state index contributed by atoms with van der Waals surface area (Å²) in [4.78, 5) is 6.73. The van der Waals surface area contributed by atoms with Crippen LogP contribution in [0.25, 0.3) is 0 Å². The molecule has 0 radical (unpaired) electrons. The summed E-state index contributed by atoms with van der Waals surface area (Å²) in [5, 5.41) is 6.27. The largest absolute Gasteiger partial charge is 0.403 e. The highest BCUT2D eigenvalue weighted by Crippen LogP contribution is 1.64. The second-order valence-electron chi connectivity index (χ2n) is 0.847. The summed E-state index contributed by atoms with van der Waals surface area (Å²) in [6, 6.07) is 1.78. The van der Waals surface area contributed by atoms with Crippen LogP contribution in [0.2, 0.25) is 0 Å². The van der Waals surface area contributed by atoms with Crippen LogP contribution in [0.3, 0.4) is 0 Å². The number of nitrogens with one attached hydrogen (secondary N) is 1. The summed E-state index contributed by atoms with van der Waals surface area (Å²) in [6.07, 6.45) is 3.81. The van der Waals surface area contributed by atoms with Gasteiger partial charge in [0.2, 0.25) is 0 Å². The number of nitrogens with zero attached hydrogens (tertiary/aromatic N) is 2. The second kappa shape index (κ2) is 5.59. The van der Waals surface area contributed by atoms with Crippen molar-refractivity contribution in [3.05, 3.63) is 12.4 Å². The zero-order chi connectivity index (χ0) is 6.24. The fourth-order valence-electron chi connectivity index (χ4n) is 0.150. The Hall–Kier alpha value is -1.41. The van der Waals surface area contributed by atoms with Crippen LogP contribution in [0.5, 0.6) is 0 Å². The number of aliphatic imine (C=N–C) groups is 2. The molecule has 4 heteroatoms. The molecule has 3 N–H and O–H groups in total. The molecule has 4 nitrogen and oxygen atoms in total. The molecule has 0 aliphatic carbocycles. The van der Waals surface area contributed by atoms with Gasteiger partial charge in [-0.3, -0.25) is 0 Å². The highest BCUT2D eigenvalue weighted by Gasteiger charge is 1.54. The summed E-state index contributed by atoms with van der Waals surface area (Å²) in [6.45, 7) is 0. The third kappa shape index (κ3) is 4.59. The zero-order valence-electron chi connectivity index (χ0n) is 4.20. The van der Waals surface area contributed by atoms with Crippen molar-refractivity contribution in [2.45, 2.75) is 0 Å². The lowest BCUT2D eigenvalue weighted by Gasteiger charge is -1.66. The molecule has 0 bridgehead atoms. The van der Waals surface area contributed by atoms with E-state index in [-0.39, 0.29) is 0 Å². The lowest BCUT2D eigenvalue weighted by atomic mass is 10.9. The number of hydrogen-bond donors (Lipinski definition) is 2. The maximum absolute atomic E-state index is 6.27. The standard InChI is InChI=1S/C4H6N4/c5-1-2-7-4-8-3-6/h1-2,4,6H,5H2/b2-1+,7-4?. The Morgan fingerprint density at radius 1 is 1.62 bits per heavy atom. The van der Waals surface area contributed by atoms with Gasteiger partial charge in [0.1, 0.15) is 6.34 Å². The lowest BCUT2D eigenvalue weighted by Crippen LogP contribution is -1.72. The van der Waals surface area contributed by atoms with Gasteiger partial charge in [0.25, 0.3) is 0 Å². The Bertz CT molecular complexity index is 140. The fraction of sp³-hybridized carbons (Fsp3) is 0. The lowest BCUT2D eigenvalue weighted by molar-refractivity contribution is 1.47. The molecule has 0 aromatic carbocycles. The molecule has 0 spiro atoms. The molecule has 0 rings (SSSR count). The van der Waals surface area contributed by atoms with Gasteiger partial charge in [0, 0.05) is 12.4 Å². The molecule has 0 atom stereocenters. The van der Waals surface area contributed by atoms with Gasteiger partial charge in [0.15, 0.2) is 0 Å². The Morgan fingerprint density at radius 2 is 2.38 bits per heavy atom. The van der Waals surface area contributed by atoms with Crippen LogP contribution < -0.4 is 5.73 Å². The topological polar surface area (TPSA) is 74.6 Å². The van der Waals surface area contributed by atoms with Crippen LogP contribution in [0.4, 0.5) is 0 Å². The van der Waals surface area contributed by atoms with Crippen LogP contribution in [-0.2, 0) is 0 Å². The fourth-order valence-corrected chi connectivity index (χ4v) is 0.150. The first-order chi connectivity index (χ1) is 3.91. The van der Waals surface area contributed by atoms with Gasteiger partial charge in [-0.15, -0.1) is 0 Å². The molecule has 0 aromatic rings. The molecule has 0 saturated carbocycles. The Morgan fingerprint density at radius 3 is 2.88 bits per heavy atom. The SMILES string of the molecule is N=C=NC=N/C=C/N. The molecule has 8 heavy (non-hydrogen) atoms. The van der Waals surface area contributed by atoms with E-state index < -0.39 is 0 Å². The van der Waals surface area contributed by atoms with Crippen molar-refractivity contribution < 1.29 is 0 Å². The predicted molar refractivity (Wildman–Crippen MR) is 32.0 cm³/mol. The molecule has 0 unspecified atom stereocenters. The first kappa shape index (κ1) is 6.59. The molecule has 0 saturated heterocycles. The molecular weight excluding hydrogens is 104 g/mol. The van der Waals surface area contributed by atoms with E-state index in [0.717, 1.165) is 0 Å². The van der Waals surface area contributed by atoms with Crippen LogP contribution >= 0.6 is 0 Å². The summed E-state index contributed by atoms with van der Waals surface area (Å²) >= 11 is 0. The van der Waals surface area contributed by atoms with Crippen molar-refractivity contribution in [3.63, 3.8) is 0 Å². The van der Waals surface area contributed by atoms with Crippen molar-refractivity contribution in [2.24, 2.45) is 15.7 Å². The molecule has 0 fully saturated rings. The maximum Gasteiger partial charge on any atom is 0.126 e. The van der Waals surface area contributed by atoms with Crippen molar-refractivity contribution >= 4 is 12.3 Å². The van der Waals surface area contributed by atoms with Gasteiger partial charge in [-0.2, -0.15) is 4.99 Å². The summed E-state index contributed by atoms with van der Waals surface area (Å²) in [5.74, 6) is 0. The molecule has 42 valence electrons. The minimum atomic E-state index is 1.18. The van der Waals surface area contributed by atoms with E-state index in [1.54, 1.807) is 6.01 Å². The van der Waals surface area contributed by atoms with Crippen LogP contribution in [-0.4, -0.2) is 12.3 Å². The van der Waals surface area contributed by atoms with Crippen LogP contribution in [0.15, 0.2) is 22.4 Å². The monoisotopic (exact) mass is 110 g/mol. The van der Waals surface area contributed by atoms with Crippen molar-refractivity contribution in [1.29, 1.82) is 5.41 Å². The highest BCUT2D eigenvalue weighted by atomic mass is 14.8. The van der Waals surface area contributed by atoms with E-state index >= 15 is 0 Å². The van der Waals surface area contributed by atoms with E-state index in [1.807, 2.05) is 0 Å². The molecular formula is C4H6N4. The van der Waals surface area contributed by atoms with Crippen LogP contribution in [0, 0.1) is 5.41 Å². The normalized spacial score (nSPS) is 10.0. The predicted octanol–water partition coefficient (Wildman–Crippen LogP) is 0.197. The molecule has 0 aromatic heterocycles. The smallest absolute Gasteiger partial charge is 0.126 e. The average Bonchev–Trinajstić information content (AvgIpc) is 1.81. The van der Waals surface area contributed by atoms with Gasteiger partial charge in [0.05, 0.1) is 6.01 Å². The van der Waals surface area contributed by atoms with Gasteiger partial charge in [-0.25, -0.2) is 10.4 Å².